The predicted molar refractivity (Wildman–Crippen MR) is 81.5 cm³/mol. The molecule has 0 aromatic rings. The van der Waals surface area contributed by atoms with E-state index in [0.29, 0.717) is 5.92 Å². The Kier molecular flexibility index (Phi) is 4.55. The summed E-state index contributed by atoms with van der Waals surface area (Å²) in [6.07, 6.45) is 2.61. The van der Waals surface area contributed by atoms with E-state index in [0.717, 1.165) is 19.3 Å². The first-order valence-electron chi connectivity index (χ1n) is 7.84. The summed E-state index contributed by atoms with van der Waals surface area (Å²) in [4.78, 5) is 33.9. The number of rotatable bonds is 6. The fourth-order valence-electron chi connectivity index (χ4n) is 3.98. The van der Waals surface area contributed by atoms with E-state index in [4.69, 9.17) is 9.84 Å². The summed E-state index contributed by atoms with van der Waals surface area (Å²) in [5, 5.41) is 8.46. The van der Waals surface area contributed by atoms with E-state index in [-0.39, 0.29) is 28.9 Å². The van der Waals surface area contributed by atoms with Gasteiger partial charge < -0.3 is 14.6 Å². The molecule has 2 bridgehead atoms. The molecule has 0 saturated heterocycles. The Labute approximate surface area is 135 Å². The van der Waals surface area contributed by atoms with E-state index < -0.39 is 24.5 Å². The summed E-state index contributed by atoms with van der Waals surface area (Å²) in [5.41, 5.74) is -0.00256. The van der Waals surface area contributed by atoms with Gasteiger partial charge in [0.05, 0.1) is 6.42 Å². The lowest BCUT2D eigenvalue weighted by molar-refractivity contribution is -0.158. The van der Waals surface area contributed by atoms with Gasteiger partial charge in [-0.05, 0) is 30.6 Å². The quantitative estimate of drug-likeness (QED) is 0.596. The standard InChI is InChI=1S/C17H24O6/c1-10(15(21)22-9-13(18)19)7-14(20)23-12-8-11-5-6-17(12,4)16(11,2)3/h11-12H,1,5-9H2,2-4H3,(H,18,19)/t11-,12+,17+/m1/s1. The lowest BCUT2D eigenvalue weighted by Crippen LogP contribution is -2.38. The Balaban J connectivity index is 1.88. The largest absolute Gasteiger partial charge is 0.479 e. The highest BCUT2D eigenvalue weighted by atomic mass is 16.6. The molecule has 2 aliphatic rings. The predicted octanol–water partition coefficient (Wildman–Crippen LogP) is 2.32. The maximum Gasteiger partial charge on any atom is 0.341 e. The summed E-state index contributed by atoms with van der Waals surface area (Å²) in [7, 11) is 0. The van der Waals surface area contributed by atoms with Gasteiger partial charge in [0, 0.05) is 11.0 Å². The first kappa shape index (κ1) is 17.5. The van der Waals surface area contributed by atoms with Crippen molar-refractivity contribution in [3.05, 3.63) is 12.2 Å². The molecular weight excluding hydrogens is 300 g/mol. The molecule has 0 heterocycles. The lowest BCUT2D eigenvalue weighted by Gasteiger charge is -2.38. The Bertz CT molecular complexity index is 549. The van der Waals surface area contributed by atoms with Gasteiger partial charge in [-0.2, -0.15) is 0 Å². The van der Waals surface area contributed by atoms with Gasteiger partial charge in [-0.25, -0.2) is 9.59 Å². The van der Waals surface area contributed by atoms with E-state index >= 15 is 0 Å². The molecule has 23 heavy (non-hydrogen) atoms. The van der Waals surface area contributed by atoms with Crippen LogP contribution in [0, 0.1) is 16.7 Å². The molecule has 1 N–H and O–H groups in total. The normalized spacial score (nSPS) is 30.7. The van der Waals surface area contributed by atoms with Crippen LogP contribution in [0.1, 0.15) is 46.5 Å². The van der Waals surface area contributed by atoms with Crippen LogP contribution in [0.15, 0.2) is 12.2 Å². The second kappa shape index (κ2) is 5.98. The van der Waals surface area contributed by atoms with Crippen molar-refractivity contribution in [2.75, 3.05) is 6.61 Å². The van der Waals surface area contributed by atoms with Crippen molar-refractivity contribution in [3.8, 4) is 0 Å². The highest BCUT2D eigenvalue weighted by Crippen LogP contribution is 2.66. The fraction of sp³-hybridized carbons (Fsp3) is 0.706. The van der Waals surface area contributed by atoms with Gasteiger partial charge in [0.25, 0.3) is 0 Å². The van der Waals surface area contributed by atoms with Crippen LogP contribution >= 0.6 is 0 Å². The third-order valence-electron chi connectivity index (χ3n) is 5.96. The molecule has 6 nitrogen and oxygen atoms in total. The summed E-state index contributed by atoms with van der Waals surface area (Å²) in [5.74, 6) is -2.11. The number of hydrogen-bond donors (Lipinski definition) is 1. The van der Waals surface area contributed by atoms with E-state index in [1.54, 1.807) is 0 Å². The Morgan fingerprint density at radius 2 is 1.91 bits per heavy atom. The zero-order valence-corrected chi connectivity index (χ0v) is 13.9. The van der Waals surface area contributed by atoms with Gasteiger partial charge >= 0.3 is 17.9 Å². The molecule has 0 aromatic heterocycles. The molecule has 128 valence electrons. The molecule has 2 fully saturated rings. The first-order valence-corrected chi connectivity index (χ1v) is 7.84. The fourth-order valence-corrected chi connectivity index (χ4v) is 3.98. The van der Waals surface area contributed by atoms with Gasteiger partial charge in [-0.15, -0.1) is 0 Å². The molecular formula is C17H24O6. The zero-order chi connectivity index (χ0) is 17.4. The van der Waals surface area contributed by atoms with Crippen molar-refractivity contribution in [1.82, 2.24) is 0 Å². The van der Waals surface area contributed by atoms with E-state index in [1.165, 1.54) is 0 Å². The molecule has 3 atom stereocenters. The van der Waals surface area contributed by atoms with Crippen LogP contribution in [-0.4, -0.2) is 35.7 Å². The molecule has 0 aromatic carbocycles. The summed E-state index contributed by atoms with van der Waals surface area (Å²) in [6.45, 7) is 9.33. The first-order chi connectivity index (χ1) is 10.6. The Hall–Kier alpha value is -1.85. The van der Waals surface area contributed by atoms with Crippen LogP contribution in [-0.2, 0) is 23.9 Å². The van der Waals surface area contributed by atoms with E-state index in [9.17, 15) is 14.4 Å². The van der Waals surface area contributed by atoms with E-state index in [2.05, 4.69) is 32.1 Å². The maximum absolute atomic E-state index is 12.1. The van der Waals surface area contributed by atoms with Gasteiger partial charge in [0.15, 0.2) is 6.61 Å². The van der Waals surface area contributed by atoms with Crippen LogP contribution in [0.5, 0.6) is 0 Å². The van der Waals surface area contributed by atoms with Crippen molar-refractivity contribution < 1.29 is 29.0 Å². The van der Waals surface area contributed by atoms with Crippen LogP contribution in [0.4, 0.5) is 0 Å². The van der Waals surface area contributed by atoms with Crippen molar-refractivity contribution in [1.29, 1.82) is 0 Å². The van der Waals surface area contributed by atoms with Crippen molar-refractivity contribution >= 4 is 17.9 Å². The highest BCUT2D eigenvalue weighted by molar-refractivity contribution is 5.94. The zero-order valence-electron chi connectivity index (χ0n) is 13.9. The van der Waals surface area contributed by atoms with Gasteiger partial charge in [-0.3, -0.25) is 4.79 Å². The van der Waals surface area contributed by atoms with Crippen molar-refractivity contribution in [2.24, 2.45) is 16.7 Å². The van der Waals surface area contributed by atoms with Gasteiger partial charge in [0.1, 0.15) is 6.10 Å². The van der Waals surface area contributed by atoms with Gasteiger partial charge in [0.2, 0.25) is 0 Å². The average Bonchev–Trinajstić information content (AvgIpc) is 2.77. The molecule has 2 rings (SSSR count). The smallest absolute Gasteiger partial charge is 0.341 e. The second-order valence-corrected chi connectivity index (χ2v) is 7.34. The number of carboxylic acids is 1. The molecule has 0 spiro atoms. The topological polar surface area (TPSA) is 89.9 Å². The Morgan fingerprint density at radius 3 is 2.39 bits per heavy atom. The average molecular weight is 324 g/mol. The van der Waals surface area contributed by atoms with Crippen molar-refractivity contribution in [2.45, 2.75) is 52.6 Å². The number of fused-ring (bicyclic) bond motifs is 2. The van der Waals surface area contributed by atoms with E-state index in [1.807, 2.05) is 0 Å². The third-order valence-corrected chi connectivity index (χ3v) is 5.96. The molecule has 0 amide bonds. The highest BCUT2D eigenvalue weighted by Gasteiger charge is 2.62. The minimum atomic E-state index is -1.26. The molecule has 0 aliphatic heterocycles. The molecule has 0 radical (unpaired) electrons. The maximum atomic E-state index is 12.1. The minimum Gasteiger partial charge on any atom is -0.479 e. The number of carbonyl (C=O) groups excluding carboxylic acids is 2. The van der Waals surface area contributed by atoms with Crippen LogP contribution in [0.3, 0.4) is 0 Å². The SMILES string of the molecule is C=C(CC(=O)O[C@H]1C[C@H]2CC[C@]1(C)C2(C)C)C(=O)OCC(=O)O. The lowest BCUT2D eigenvalue weighted by atomic mass is 9.70. The molecule has 6 heteroatoms. The number of ether oxygens (including phenoxy) is 2. The van der Waals surface area contributed by atoms with Gasteiger partial charge in [-0.1, -0.05) is 27.4 Å². The molecule has 2 saturated carbocycles. The number of aliphatic carboxylic acids is 1. The van der Waals surface area contributed by atoms with Crippen molar-refractivity contribution in [3.63, 3.8) is 0 Å². The molecule has 0 unspecified atom stereocenters. The summed E-state index contributed by atoms with van der Waals surface area (Å²) < 4.78 is 10.1. The molecule has 2 aliphatic carbocycles. The third kappa shape index (κ3) is 3.12. The number of esters is 2. The monoisotopic (exact) mass is 324 g/mol. The number of hydrogen-bond acceptors (Lipinski definition) is 5. The second-order valence-electron chi connectivity index (χ2n) is 7.34. The number of carboxylic acid groups (broad SMARTS) is 1. The number of carbonyl (C=O) groups is 3. The van der Waals surface area contributed by atoms with Crippen LogP contribution < -0.4 is 0 Å². The minimum absolute atomic E-state index is 0.0432. The summed E-state index contributed by atoms with van der Waals surface area (Å²) >= 11 is 0. The van der Waals surface area contributed by atoms with Crippen LogP contribution in [0.2, 0.25) is 0 Å². The summed E-state index contributed by atoms with van der Waals surface area (Å²) in [6, 6.07) is 0. The van der Waals surface area contributed by atoms with Crippen LogP contribution in [0.25, 0.3) is 0 Å². The Morgan fingerprint density at radius 1 is 1.26 bits per heavy atom.